The van der Waals surface area contributed by atoms with Crippen molar-refractivity contribution in [3.05, 3.63) is 71.8 Å². The lowest BCUT2D eigenvalue weighted by atomic mass is 9.74. The van der Waals surface area contributed by atoms with Crippen LogP contribution < -0.4 is 10.1 Å². The van der Waals surface area contributed by atoms with E-state index in [9.17, 15) is 35.9 Å². The zero-order valence-electron chi connectivity index (χ0n) is 20.5. The molecular formula is C27H27F6NO4. The summed E-state index contributed by atoms with van der Waals surface area (Å²) < 4.78 is 85.7. The minimum Gasteiger partial charge on any atom is -0.430 e. The smallest absolute Gasteiger partial charge is 0.430 e. The van der Waals surface area contributed by atoms with Gasteiger partial charge in [0, 0.05) is 18.2 Å². The van der Waals surface area contributed by atoms with E-state index in [1.54, 1.807) is 31.4 Å². The minimum absolute atomic E-state index is 0.0305. The van der Waals surface area contributed by atoms with Crippen LogP contribution >= 0.6 is 0 Å². The van der Waals surface area contributed by atoms with Crippen LogP contribution in [0.15, 0.2) is 60.7 Å². The Bertz CT molecular complexity index is 1130. The van der Waals surface area contributed by atoms with Gasteiger partial charge in [0.25, 0.3) is 6.17 Å². The van der Waals surface area contributed by atoms with Gasteiger partial charge >= 0.3 is 12.3 Å². The summed E-state index contributed by atoms with van der Waals surface area (Å²) in [4.78, 5) is 24.4. The van der Waals surface area contributed by atoms with Crippen LogP contribution in [0.1, 0.15) is 24.0 Å². The summed E-state index contributed by atoms with van der Waals surface area (Å²) in [6.45, 7) is 4.48. The molecule has 0 radical (unpaired) electrons. The van der Waals surface area contributed by atoms with Crippen LogP contribution in [0.2, 0.25) is 0 Å². The summed E-state index contributed by atoms with van der Waals surface area (Å²) in [6, 6.07) is 11.2. The van der Waals surface area contributed by atoms with Gasteiger partial charge in [-0.15, -0.1) is 0 Å². The third-order valence-corrected chi connectivity index (χ3v) is 6.43. The Labute approximate surface area is 215 Å². The molecule has 0 saturated heterocycles. The molecule has 0 heterocycles. The van der Waals surface area contributed by atoms with Gasteiger partial charge in [-0.1, -0.05) is 36.4 Å². The quantitative estimate of drug-likeness (QED) is 0.212. The van der Waals surface area contributed by atoms with Gasteiger partial charge in [0.1, 0.15) is 12.0 Å². The lowest BCUT2D eigenvalue weighted by Crippen LogP contribution is -2.45. The topological polar surface area (TPSA) is 64.6 Å². The highest BCUT2D eigenvalue weighted by Crippen LogP contribution is 2.46. The Balaban J connectivity index is 1.57. The molecule has 0 aliphatic heterocycles. The predicted molar refractivity (Wildman–Crippen MR) is 128 cm³/mol. The van der Waals surface area contributed by atoms with Gasteiger partial charge in [0.2, 0.25) is 5.91 Å². The molecule has 1 fully saturated rings. The summed E-state index contributed by atoms with van der Waals surface area (Å²) in [5.74, 6) is -1.09. The third-order valence-electron chi connectivity index (χ3n) is 6.43. The molecule has 1 amide bonds. The van der Waals surface area contributed by atoms with Crippen LogP contribution in [-0.2, 0) is 27.2 Å². The van der Waals surface area contributed by atoms with Crippen LogP contribution in [-0.4, -0.2) is 44.4 Å². The minimum atomic E-state index is -5.78. The lowest BCUT2D eigenvalue weighted by molar-refractivity contribution is -0.305. The van der Waals surface area contributed by atoms with Crippen LogP contribution in [0, 0.1) is 11.3 Å². The molecule has 5 nitrogen and oxygen atoms in total. The average molecular weight is 544 g/mol. The first kappa shape index (κ1) is 29.2. The number of nitrogens with one attached hydrogen (secondary N) is 1. The van der Waals surface area contributed by atoms with Gasteiger partial charge in [-0.05, 0) is 60.6 Å². The first-order valence-electron chi connectivity index (χ1n) is 11.7. The Hall–Kier alpha value is -3.34. The van der Waals surface area contributed by atoms with Crippen molar-refractivity contribution in [2.75, 3.05) is 19.0 Å². The SMILES string of the molecule is C=C1CC(COC)C(C=O)(Cc2ccc(NC(=O)Cc3ccc(OC(F)(F)C(F)C(F)(F)F)cc3)cc2)C1. The van der Waals surface area contributed by atoms with Crippen molar-refractivity contribution in [2.45, 2.75) is 44.1 Å². The first-order valence-corrected chi connectivity index (χ1v) is 11.7. The Kier molecular flexibility index (Phi) is 8.91. The fourth-order valence-electron chi connectivity index (χ4n) is 4.60. The second-order valence-electron chi connectivity index (χ2n) is 9.44. The van der Waals surface area contributed by atoms with Crippen molar-refractivity contribution >= 4 is 17.9 Å². The van der Waals surface area contributed by atoms with Crippen molar-refractivity contribution < 1.29 is 45.4 Å². The molecule has 1 aliphatic carbocycles. The highest BCUT2D eigenvalue weighted by atomic mass is 19.4. The predicted octanol–water partition coefficient (Wildman–Crippen LogP) is 6.08. The zero-order chi connectivity index (χ0) is 28.1. The number of allylic oxidation sites excluding steroid dienone is 1. The summed E-state index contributed by atoms with van der Waals surface area (Å²) >= 11 is 0. The Morgan fingerprint density at radius 3 is 2.26 bits per heavy atom. The molecule has 2 aromatic carbocycles. The van der Waals surface area contributed by atoms with E-state index in [1.807, 2.05) is 0 Å². The van der Waals surface area contributed by atoms with Crippen molar-refractivity contribution in [1.29, 1.82) is 0 Å². The largest absolute Gasteiger partial charge is 0.439 e. The Morgan fingerprint density at radius 2 is 1.71 bits per heavy atom. The third kappa shape index (κ3) is 7.15. The number of rotatable bonds is 11. The monoisotopic (exact) mass is 543 g/mol. The fourth-order valence-corrected chi connectivity index (χ4v) is 4.60. The maximum atomic E-state index is 13.4. The molecule has 38 heavy (non-hydrogen) atoms. The Morgan fingerprint density at radius 1 is 1.11 bits per heavy atom. The van der Waals surface area contributed by atoms with E-state index in [-0.39, 0.29) is 12.3 Å². The number of carbonyl (C=O) groups excluding carboxylic acids is 2. The number of carbonyl (C=O) groups is 2. The average Bonchev–Trinajstić information content (AvgIpc) is 3.15. The fraction of sp³-hybridized carbons (Fsp3) is 0.407. The van der Waals surface area contributed by atoms with Crippen molar-refractivity contribution in [2.24, 2.45) is 11.3 Å². The van der Waals surface area contributed by atoms with Gasteiger partial charge < -0.3 is 19.6 Å². The van der Waals surface area contributed by atoms with Gasteiger partial charge in [-0.3, -0.25) is 4.79 Å². The number of amides is 1. The summed E-state index contributed by atoms with van der Waals surface area (Å²) in [5, 5.41) is 2.69. The highest BCUT2D eigenvalue weighted by Gasteiger charge is 2.59. The normalized spacial score (nSPS) is 20.7. The van der Waals surface area contributed by atoms with E-state index >= 15 is 0 Å². The number of halogens is 6. The molecule has 0 aromatic heterocycles. The zero-order valence-corrected chi connectivity index (χ0v) is 20.5. The van der Waals surface area contributed by atoms with E-state index in [0.717, 1.165) is 36.0 Å². The molecule has 1 saturated carbocycles. The second kappa shape index (κ2) is 11.6. The van der Waals surface area contributed by atoms with Gasteiger partial charge in [0.15, 0.2) is 0 Å². The van der Waals surface area contributed by atoms with Crippen molar-refractivity contribution in [1.82, 2.24) is 0 Å². The molecule has 0 bridgehead atoms. The van der Waals surface area contributed by atoms with E-state index in [4.69, 9.17) is 4.74 Å². The van der Waals surface area contributed by atoms with Crippen LogP contribution in [0.25, 0.3) is 0 Å². The second-order valence-corrected chi connectivity index (χ2v) is 9.44. The van der Waals surface area contributed by atoms with E-state index in [0.29, 0.717) is 30.7 Å². The molecule has 1 N–H and O–H groups in total. The van der Waals surface area contributed by atoms with Crippen LogP contribution in [0.3, 0.4) is 0 Å². The first-order chi connectivity index (χ1) is 17.8. The number of aldehydes is 1. The highest BCUT2D eigenvalue weighted by molar-refractivity contribution is 5.92. The summed E-state index contributed by atoms with van der Waals surface area (Å²) in [6.07, 6.45) is -12.8. The molecule has 3 unspecified atom stereocenters. The number of benzene rings is 2. The van der Waals surface area contributed by atoms with E-state index in [1.165, 1.54) is 12.1 Å². The molecule has 2 aromatic rings. The lowest BCUT2D eigenvalue weighted by Gasteiger charge is -2.29. The molecule has 3 atom stereocenters. The molecule has 0 spiro atoms. The number of alkyl halides is 6. The summed E-state index contributed by atoms with van der Waals surface area (Å²) in [7, 11) is 1.59. The van der Waals surface area contributed by atoms with Gasteiger partial charge in [-0.2, -0.15) is 22.0 Å². The molecule has 3 rings (SSSR count). The maximum Gasteiger partial charge on any atom is 0.439 e. The number of hydrogen-bond donors (Lipinski definition) is 1. The van der Waals surface area contributed by atoms with Gasteiger partial charge in [0.05, 0.1) is 13.0 Å². The number of hydrogen-bond acceptors (Lipinski definition) is 4. The number of anilines is 1. The van der Waals surface area contributed by atoms with Crippen LogP contribution in [0.4, 0.5) is 32.0 Å². The number of methoxy groups -OCH3 is 1. The standard InChI is InChI=1S/C27H27F6NO4/c1-17-11-20(15-37-2)25(13-17,16-35)14-19-3-7-21(8-4-19)34-23(36)12-18-5-9-22(10-6-18)38-27(32,33)24(28)26(29,30)31/h3-10,16,20,24H,1,11-15H2,2H3,(H,34,36). The molecular weight excluding hydrogens is 516 g/mol. The van der Waals surface area contributed by atoms with Crippen LogP contribution in [0.5, 0.6) is 5.75 Å². The van der Waals surface area contributed by atoms with Crippen molar-refractivity contribution in [3.8, 4) is 5.75 Å². The number of ether oxygens (including phenoxy) is 2. The van der Waals surface area contributed by atoms with Gasteiger partial charge in [-0.25, -0.2) is 4.39 Å². The molecule has 11 heteroatoms. The maximum absolute atomic E-state index is 13.4. The summed E-state index contributed by atoms with van der Waals surface area (Å²) in [5.41, 5.74) is 2.16. The molecule has 1 aliphatic rings. The molecule has 206 valence electrons. The van der Waals surface area contributed by atoms with E-state index in [2.05, 4.69) is 16.6 Å². The van der Waals surface area contributed by atoms with E-state index < -0.39 is 35.5 Å². The van der Waals surface area contributed by atoms with Crippen molar-refractivity contribution in [3.63, 3.8) is 0 Å².